The van der Waals surface area contributed by atoms with Crippen molar-refractivity contribution in [3.05, 3.63) is 60.2 Å². The molecule has 6 heteroatoms. The molecule has 0 saturated carbocycles. The predicted molar refractivity (Wildman–Crippen MR) is 97.3 cm³/mol. The molecule has 2 aromatic rings. The molecule has 0 aromatic heterocycles. The Bertz CT molecular complexity index is 894. The van der Waals surface area contributed by atoms with Gasteiger partial charge < -0.3 is 9.47 Å². The minimum absolute atomic E-state index is 0.0173. The first kappa shape index (κ1) is 20.3. The van der Waals surface area contributed by atoms with Crippen LogP contribution in [-0.4, -0.2) is 11.9 Å². The molecule has 2 rings (SSSR count). The molecule has 0 aliphatic rings. The molecule has 27 heavy (non-hydrogen) atoms. The highest BCUT2D eigenvalue weighted by molar-refractivity contribution is 5.88. The topological polar surface area (TPSA) is 52.6 Å². The lowest BCUT2D eigenvalue weighted by Gasteiger charge is -2.16. The van der Waals surface area contributed by atoms with Crippen molar-refractivity contribution in [1.29, 1.82) is 0 Å². The van der Waals surface area contributed by atoms with Crippen LogP contribution in [0.1, 0.15) is 27.7 Å². The molecule has 0 N–H and O–H groups in total. The molecule has 0 radical (unpaired) electrons. The van der Waals surface area contributed by atoms with Crippen LogP contribution in [0.4, 0.5) is 8.78 Å². The van der Waals surface area contributed by atoms with Crippen LogP contribution in [0, 0.1) is 17.0 Å². The summed E-state index contributed by atoms with van der Waals surface area (Å²) in [4.78, 5) is 23.4. The second kappa shape index (κ2) is 7.70. The molecule has 2 aromatic carbocycles. The van der Waals surface area contributed by atoms with E-state index in [-0.39, 0.29) is 11.1 Å². The van der Waals surface area contributed by atoms with Crippen molar-refractivity contribution >= 4 is 11.9 Å². The number of ether oxygens (including phenoxy) is 2. The zero-order valence-electron chi connectivity index (χ0n) is 15.6. The molecule has 0 heterocycles. The van der Waals surface area contributed by atoms with E-state index in [0.29, 0.717) is 11.3 Å². The Balaban J connectivity index is 2.26. The number of hydrogen-bond donors (Lipinski definition) is 0. The first-order valence-electron chi connectivity index (χ1n) is 8.19. The minimum Gasteiger partial charge on any atom is -0.426 e. The highest BCUT2D eigenvalue weighted by Gasteiger charge is 2.24. The quantitative estimate of drug-likeness (QED) is 0.426. The molecule has 142 valence electrons. The molecule has 0 aliphatic carbocycles. The van der Waals surface area contributed by atoms with E-state index in [1.54, 1.807) is 20.8 Å². The summed E-state index contributed by atoms with van der Waals surface area (Å²) in [6.45, 7) is 9.97. The third kappa shape index (κ3) is 4.78. The fraction of sp³-hybridized carbons (Fsp3) is 0.238. The summed E-state index contributed by atoms with van der Waals surface area (Å²) in [5, 5.41) is 0. The Labute approximate surface area is 156 Å². The number of halogens is 2. The summed E-state index contributed by atoms with van der Waals surface area (Å²) in [5.41, 5.74) is -0.236. The second-order valence-electron chi connectivity index (χ2n) is 7.07. The van der Waals surface area contributed by atoms with Gasteiger partial charge in [0.05, 0.1) is 5.41 Å². The van der Waals surface area contributed by atoms with Crippen molar-refractivity contribution in [1.82, 2.24) is 0 Å². The molecule has 0 fully saturated rings. The minimum atomic E-state index is -1.27. The molecule has 0 bridgehead atoms. The van der Waals surface area contributed by atoms with Gasteiger partial charge in [0.15, 0.2) is 11.6 Å². The lowest BCUT2D eigenvalue weighted by Crippen LogP contribution is -2.25. The highest BCUT2D eigenvalue weighted by atomic mass is 19.2. The van der Waals surface area contributed by atoms with Gasteiger partial charge in [-0.1, -0.05) is 18.7 Å². The van der Waals surface area contributed by atoms with E-state index in [1.807, 2.05) is 0 Å². The van der Waals surface area contributed by atoms with Crippen LogP contribution < -0.4 is 9.47 Å². The number of hydrogen-bond acceptors (Lipinski definition) is 4. The van der Waals surface area contributed by atoms with E-state index in [2.05, 4.69) is 6.58 Å². The van der Waals surface area contributed by atoms with Crippen molar-refractivity contribution in [2.75, 3.05) is 0 Å². The summed E-state index contributed by atoms with van der Waals surface area (Å²) in [7, 11) is 0. The standard InChI is InChI=1S/C21H20F2O4/c1-12(2)19(24)27-16-11-10-15(17(22)18(16)23)13-6-8-14(9-7-13)26-20(25)21(3,4)5/h6-11H,1H2,2-5H3. The van der Waals surface area contributed by atoms with Crippen molar-refractivity contribution in [2.45, 2.75) is 27.7 Å². The second-order valence-corrected chi connectivity index (χ2v) is 7.07. The lowest BCUT2D eigenvalue weighted by atomic mass is 9.97. The van der Waals surface area contributed by atoms with Gasteiger partial charge in [0.1, 0.15) is 5.75 Å². The molecule has 0 unspecified atom stereocenters. The molecule has 0 amide bonds. The lowest BCUT2D eigenvalue weighted by molar-refractivity contribution is -0.143. The average molecular weight is 374 g/mol. The average Bonchev–Trinajstić information content (AvgIpc) is 2.59. The summed E-state index contributed by atoms with van der Waals surface area (Å²) in [6, 6.07) is 8.46. The molecular weight excluding hydrogens is 354 g/mol. The maximum atomic E-state index is 14.4. The van der Waals surface area contributed by atoms with Crippen LogP contribution >= 0.6 is 0 Å². The molecule has 0 saturated heterocycles. The SMILES string of the molecule is C=C(C)C(=O)Oc1ccc(-c2ccc(OC(=O)C(C)(C)C)cc2)c(F)c1F. The van der Waals surface area contributed by atoms with E-state index >= 15 is 0 Å². The summed E-state index contributed by atoms with van der Waals surface area (Å²) >= 11 is 0. The highest BCUT2D eigenvalue weighted by Crippen LogP contribution is 2.31. The zero-order valence-corrected chi connectivity index (χ0v) is 15.6. The largest absolute Gasteiger partial charge is 0.426 e. The Morgan fingerprint density at radius 3 is 2.04 bits per heavy atom. The summed E-state index contributed by atoms with van der Waals surface area (Å²) in [5.74, 6) is -3.89. The Hall–Kier alpha value is -3.02. The number of benzene rings is 2. The van der Waals surface area contributed by atoms with Gasteiger partial charge in [-0.2, -0.15) is 4.39 Å². The van der Waals surface area contributed by atoms with Crippen molar-refractivity contribution in [2.24, 2.45) is 5.41 Å². The fourth-order valence-corrected chi connectivity index (χ4v) is 1.98. The van der Waals surface area contributed by atoms with Crippen LogP contribution in [0.5, 0.6) is 11.5 Å². The summed E-state index contributed by atoms with van der Waals surface area (Å²) in [6.07, 6.45) is 0. The van der Waals surface area contributed by atoms with Gasteiger partial charge in [-0.3, -0.25) is 4.79 Å². The number of carbonyl (C=O) groups is 2. The smallest absolute Gasteiger partial charge is 0.338 e. The molecule has 0 atom stereocenters. The van der Waals surface area contributed by atoms with Gasteiger partial charge in [0.25, 0.3) is 0 Å². The normalized spacial score (nSPS) is 11.0. The first-order valence-corrected chi connectivity index (χ1v) is 8.19. The number of rotatable bonds is 4. The van der Waals surface area contributed by atoms with Crippen molar-refractivity contribution in [3.8, 4) is 22.6 Å². The fourth-order valence-electron chi connectivity index (χ4n) is 1.98. The van der Waals surface area contributed by atoms with Crippen molar-refractivity contribution < 1.29 is 27.8 Å². The van der Waals surface area contributed by atoms with Gasteiger partial charge in [-0.15, -0.1) is 0 Å². The molecule has 4 nitrogen and oxygen atoms in total. The number of carbonyl (C=O) groups excluding carboxylic acids is 2. The van der Waals surface area contributed by atoms with E-state index in [1.165, 1.54) is 43.3 Å². The maximum absolute atomic E-state index is 14.4. The molecule has 0 spiro atoms. The number of esters is 2. The van der Waals surface area contributed by atoms with Crippen LogP contribution in [0.3, 0.4) is 0 Å². The summed E-state index contributed by atoms with van der Waals surface area (Å²) < 4.78 is 38.6. The van der Waals surface area contributed by atoms with Crippen molar-refractivity contribution in [3.63, 3.8) is 0 Å². The Kier molecular flexibility index (Phi) is 5.78. The monoisotopic (exact) mass is 374 g/mol. The van der Waals surface area contributed by atoms with Crippen LogP contribution in [0.15, 0.2) is 48.6 Å². The Morgan fingerprint density at radius 2 is 1.52 bits per heavy atom. The van der Waals surface area contributed by atoms with E-state index in [4.69, 9.17) is 9.47 Å². The third-order valence-electron chi connectivity index (χ3n) is 3.59. The van der Waals surface area contributed by atoms with Gasteiger partial charge in [0, 0.05) is 11.1 Å². The van der Waals surface area contributed by atoms with Gasteiger partial charge >= 0.3 is 11.9 Å². The predicted octanol–water partition coefficient (Wildman–Crippen LogP) is 5.06. The van der Waals surface area contributed by atoms with Gasteiger partial charge in [-0.05, 0) is 57.5 Å². The van der Waals surface area contributed by atoms with Gasteiger partial charge in [0.2, 0.25) is 5.82 Å². The maximum Gasteiger partial charge on any atom is 0.338 e. The van der Waals surface area contributed by atoms with E-state index in [9.17, 15) is 18.4 Å². The van der Waals surface area contributed by atoms with E-state index in [0.717, 1.165) is 0 Å². The van der Waals surface area contributed by atoms with Gasteiger partial charge in [-0.25, -0.2) is 9.18 Å². The van der Waals surface area contributed by atoms with Crippen LogP contribution in [0.2, 0.25) is 0 Å². The first-order chi connectivity index (χ1) is 12.5. The third-order valence-corrected chi connectivity index (χ3v) is 3.59. The van der Waals surface area contributed by atoms with E-state index < -0.39 is 34.7 Å². The molecular formula is C21H20F2O4. The van der Waals surface area contributed by atoms with Crippen LogP contribution in [0.25, 0.3) is 11.1 Å². The molecule has 0 aliphatic heterocycles. The zero-order chi connectivity index (χ0) is 20.4. The Morgan fingerprint density at radius 1 is 0.926 bits per heavy atom. The van der Waals surface area contributed by atoms with Crippen LogP contribution in [-0.2, 0) is 9.59 Å².